The van der Waals surface area contributed by atoms with Gasteiger partial charge in [0.15, 0.2) is 0 Å². The van der Waals surface area contributed by atoms with Crippen molar-refractivity contribution >= 4 is 5.91 Å². The van der Waals surface area contributed by atoms with Gasteiger partial charge in [0, 0.05) is 57.4 Å². The van der Waals surface area contributed by atoms with E-state index in [4.69, 9.17) is 4.74 Å². The van der Waals surface area contributed by atoms with Crippen LogP contribution >= 0.6 is 0 Å². The van der Waals surface area contributed by atoms with Crippen LogP contribution in [0.15, 0.2) is 36.9 Å². The number of hydrogen-bond acceptors (Lipinski definition) is 5. The van der Waals surface area contributed by atoms with Gasteiger partial charge in [0.1, 0.15) is 6.61 Å². The molecular formula is C19H25N5O2. The summed E-state index contributed by atoms with van der Waals surface area (Å²) in [5.74, 6) is 0.0669. The van der Waals surface area contributed by atoms with Crippen LogP contribution in [0.1, 0.15) is 24.0 Å². The summed E-state index contributed by atoms with van der Waals surface area (Å²) in [6.07, 6.45) is 9.47. The van der Waals surface area contributed by atoms with Crippen molar-refractivity contribution in [2.45, 2.75) is 31.5 Å². The van der Waals surface area contributed by atoms with Crippen molar-refractivity contribution in [2.24, 2.45) is 7.05 Å². The van der Waals surface area contributed by atoms with Crippen molar-refractivity contribution in [2.75, 3.05) is 26.2 Å². The Hall–Kier alpha value is -2.25. The highest BCUT2D eigenvalue weighted by atomic mass is 16.5. The number of nitrogens with zero attached hydrogens (tertiary/aromatic N) is 5. The van der Waals surface area contributed by atoms with Crippen molar-refractivity contribution in [1.29, 1.82) is 0 Å². The lowest BCUT2D eigenvalue weighted by atomic mass is 9.89. The van der Waals surface area contributed by atoms with Gasteiger partial charge >= 0.3 is 0 Å². The summed E-state index contributed by atoms with van der Waals surface area (Å²) in [4.78, 5) is 20.8. The average Bonchev–Trinajstić information content (AvgIpc) is 3.06. The summed E-state index contributed by atoms with van der Waals surface area (Å²) < 4.78 is 7.88. The van der Waals surface area contributed by atoms with Gasteiger partial charge in [0.05, 0.1) is 18.3 Å². The van der Waals surface area contributed by atoms with Crippen LogP contribution in [0.4, 0.5) is 0 Å². The van der Waals surface area contributed by atoms with Gasteiger partial charge in [-0.05, 0) is 24.5 Å². The van der Waals surface area contributed by atoms with E-state index in [2.05, 4.69) is 21.2 Å². The van der Waals surface area contributed by atoms with Gasteiger partial charge in [-0.15, -0.1) is 0 Å². The molecule has 2 aliphatic rings. The molecule has 2 fully saturated rings. The van der Waals surface area contributed by atoms with Crippen molar-refractivity contribution in [1.82, 2.24) is 24.6 Å². The zero-order valence-corrected chi connectivity index (χ0v) is 15.2. The van der Waals surface area contributed by atoms with Gasteiger partial charge in [-0.1, -0.05) is 6.07 Å². The zero-order valence-electron chi connectivity index (χ0n) is 15.2. The molecule has 138 valence electrons. The number of pyridine rings is 1. The van der Waals surface area contributed by atoms with E-state index >= 15 is 0 Å². The van der Waals surface area contributed by atoms with Crippen LogP contribution in [0.3, 0.4) is 0 Å². The molecular weight excluding hydrogens is 330 g/mol. The number of amides is 1. The quantitative estimate of drug-likeness (QED) is 0.825. The van der Waals surface area contributed by atoms with E-state index in [1.165, 1.54) is 5.56 Å². The average molecular weight is 355 g/mol. The van der Waals surface area contributed by atoms with Gasteiger partial charge in [-0.2, -0.15) is 5.10 Å². The minimum absolute atomic E-state index is 0.0669. The van der Waals surface area contributed by atoms with E-state index in [0.29, 0.717) is 13.1 Å². The van der Waals surface area contributed by atoms with Crippen LogP contribution in [0.2, 0.25) is 0 Å². The van der Waals surface area contributed by atoms with Crippen LogP contribution in [0.5, 0.6) is 0 Å². The summed E-state index contributed by atoms with van der Waals surface area (Å²) in [6.45, 7) is 4.33. The Morgan fingerprint density at radius 1 is 1.19 bits per heavy atom. The maximum absolute atomic E-state index is 12.3. The maximum Gasteiger partial charge on any atom is 0.248 e. The fraction of sp³-hybridized carbons (Fsp3) is 0.526. The highest BCUT2D eigenvalue weighted by Gasteiger charge is 2.42. The number of rotatable bonds is 4. The molecule has 2 saturated heterocycles. The van der Waals surface area contributed by atoms with Crippen LogP contribution in [0.25, 0.3) is 0 Å². The second kappa shape index (κ2) is 7.17. The first kappa shape index (κ1) is 17.2. The highest BCUT2D eigenvalue weighted by Crippen LogP contribution is 2.31. The third-order valence-electron chi connectivity index (χ3n) is 5.36. The molecule has 2 aromatic rings. The molecule has 0 saturated carbocycles. The zero-order chi connectivity index (χ0) is 18.0. The van der Waals surface area contributed by atoms with E-state index in [-0.39, 0.29) is 18.1 Å². The largest absolute Gasteiger partial charge is 0.363 e. The number of aromatic nitrogens is 3. The van der Waals surface area contributed by atoms with Gasteiger partial charge in [-0.3, -0.25) is 19.4 Å². The molecule has 7 nitrogen and oxygen atoms in total. The predicted molar refractivity (Wildman–Crippen MR) is 96.1 cm³/mol. The second-order valence-electron chi connectivity index (χ2n) is 7.38. The molecule has 0 aromatic carbocycles. The lowest BCUT2D eigenvalue weighted by Crippen LogP contribution is -2.58. The molecule has 4 rings (SSSR count). The standard InChI is InChI=1S/C19H25N5O2/c1-22-11-17(10-21-22)12-23-7-4-19(5-8-23)15-24(18(25)14-26-19)13-16-3-2-6-20-9-16/h2-3,6,9-11H,4-5,7-8,12-15H2,1H3. The molecule has 0 unspecified atom stereocenters. The SMILES string of the molecule is Cn1cc(CN2CCC3(CC2)CN(Cc2cccnc2)C(=O)CO3)cn1. The lowest BCUT2D eigenvalue weighted by Gasteiger charge is -2.47. The number of carbonyl (C=O) groups excluding carboxylic acids is 1. The highest BCUT2D eigenvalue weighted by molar-refractivity contribution is 5.78. The number of aryl methyl sites for hydroxylation is 1. The van der Waals surface area contributed by atoms with Crippen molar-refractivity contribution < 1.29 is 9.53 Å². The molecule has 0 N–H and O–H groups in total. The summed E-state index contributed by atoms with van der Waals surface area (Å²) in [7, 11) is 1.94. The van der Waals surface area contributed by atoms with Crippen LogP contribution < -0.4 is 0 Å². The van der Waals surface area contributed by atoms with Crippen LogP contribution in [-0.4, -0.2) is 62.3 Å². The molecule has 7 heteroatoms. The van der Waals surface area contributed by atoms with Crippen molar-refractivity contribution in [3.63, 3.8) is 0 Å². The molecule has 1 spiro atoms. The lowest BCUT2D eigenvalue weighted by molar-refractivity contribution is -0.172. The first-order valence-electron chi connectivity index (χ1n) is 9.12. The van der Waals surface area contributed by atoms with Crippen molar-refractivity contribution in [3.8, 4) is 0 Å². The number of likely N-dealkylation sites (tertiary alicyclic amines) is 1. The Balaban J connectivity index is 1.36. The maximum atomic E-state index is 12.3. The molecule has 2 aromatic heterocycles. The van der Waals surface area contributed by atoms with E-state index in [0.717, 1.165) is 38.0 Å². The Bertz CT molecular complexity index is 752. The van der Waals surface area contributed by atoms with Gasteiger partial charge in [0.2, 0.25) is 5.91 Å². The van der Waals surface area contributed by atoms with E-state index in [1.807, 2.05) is 41.2 Å². The molecule has 0 radical (unpaired) electrons. The molecule has 0 atom stereocenters. The first-order valence-corrected chi connectivity index (χ1v) is 9.12. The van der Waals surface area contributed by atoms with Crippen molar-refractivity contribution in [3.05, 3.63) is 48.0 Å². The van der Waals surface area contributed by atoms with E-state index in [1.54, 1.807) is 6.20 Å². The van der Waals surface area contributed by atoms with Crippen LogP contribution in [-0.2, 0) is 29.7 Å². The Kier molecular flexibility index (Phi) is 4.74. The number of carbonyl (C=O) groups is 1. The molecule has 2 aliphatic heterocycles. The smallest absolute Gasteiger partial charge is 0.248 e. The van der Waals surface area contributed by atoms with E-state index < -0.39 is 0 Å². The summed E-state index contributed by atoms with van der Waals surface area (Å²) >= 11 is 0. The molecule has 0 aliphatic carbocycles. The van der Waals surface area contributed by atoms with E-state index in [9.17, 15) is 4.79 Å². The molecule has 26 heavy (non-hydrogen) atoms. The third-order valence-corrected chi connectivity index (χ3v) is 5.36. The van der Waals surface area contributed by atoms with Crippen LogP contribution in [0, 0.1) is 0 Å². The number of morpholine rings is 1. The second-order valence-corrected chi connectivity index (χ2v) is 7.38. The Labute approximate surface area is 153 Å². The third kappa shape index (κ3) is 3.78. The normalized spacial score (nSPS) is 20.7. The fourth-order valence-electron chi connectivity index (χ4n) is 3.88. The summed E-state index contributed by atoms with van der Waals surface area (Å²) in [5.41, 5.74) is 2.09. The summed E-state index contributed by atoms with van der Waals surface area (Å²) in [6, 6.07) is 3.92. The number of hydrogen-bond donors (Lipinski definition) is 0. The monoisotopic (exact) mass is 355 g/mol. The molecule has 4 heterocycles. The Morgan fingerprint density at radius 3 is 2.73 bits per heavy atom. The molecule has 1 amide bonds. The van der Waals surface area contributed by atoms with Gasteiger partial charge in [0.25, 0.3) is 0 Å². The fourth-order valence-corrected chi connectivity index (χ4v) is 3.88. The first-order chi connectivity index (χ1) is 12.6. The Morgan fingerprint density at radius 2 is 2.04 bits per heavy atom. The summed E-state index contributed by atoms with van der Waals surface area (Å²) in [5, 5.41) is 4.24. The number of piperidine rings is 1. The molecule has 0 bridgehead atoms. The minimum Gasteiger partial charge on any atom is -0.363 e. The minimum atomic E-state index is -0.207. The number of ether oxygens (including phenoxy) is 1. The predicted octanol–water partition coefficient (Wildman–Crippen LogP) is 1.21. The topological polar surface area (TPSA) is 63.5 Å². The van der Waals surface area contributed by atoms with Gasteiger partial charge in [-0.25, -0.2) is 0 Å². The van der Waals surface area contributed by atoms with Gasteiger partial charge < -0.3 is 9.64 Å².